The van der Waals surface area contributed by atoms with Gasteiger partial charge in [-0.15, -0.1) is 0 Å². The molecule has 0 bridgehead atoms. The molecule has 1 amide bonds. The Bertz CT molecular complexity index is 667. The molecule has 2 heterocycles. The van der Waals surface area contributed by atoms with Crippen LogP contribution in [0.2, 0.25) is 0 Å². The van der Waals surface area contributed by atoms with Gasteiger partial charge in [0.05, 0.1) is 5.41 Å². The lowest BCUT2D eigenvalue weighted by Gasteiger charge is -2.36. The van der Waals surface area contributed by atoms with Crippen LogP contribution in [-0.4, -0.2) is 44.8 Å². The van der Waals surface area contributed by atoms with Crippen molar-refractivity contribution in [3.63, 3.8) is 0 Å². The third-order valence-electron chi connectivity index (χ3n) is 3.92. The maximum Gasteiger partial charge on any atom is 0.309 e. The molecule has 0 aliphatic carbocycles. The molecular formula is C13H17N3O5. The molecule has 0 radical (unpaired) electrons. The fraction of sp³-hybridized carbons (Fsp3) is 0.538. The Morgan fingerprint density at radius 2 is 1.90 bits per heavy atom. The number of rotatable bonds is 3. The van der Waals surface area contributed by atoms with Gasteiger partial charge in [-0.2, -0.15) is 0 Å². The Morgan fingerprint density at radius 1 is 1.29 bits per heavy atom. The van der Waals surface area contributed by atoms with Crippen molar-refractivity contribution < 1.29 is 14.7 Å². The number of aromatic amines is 1. The topological polar surface area (TPSA) is 112 Å². The van der Waals surface area contributed by atoms with Gasteiger partial charge in [0.25, 0.3) is 11.1 Å². The van der Waals surface area contributed by atoms with Gasteiger partial charge in [-0.1, -0.05) is 0 Å². The van der Waals surface area contributed by atoms with Crippen molar-refractivity contribution in [2.24, 2.45) is 5.41 Å². The van der Waals surface area contributed by atoms with Gasteiger partial charge in [0.2, 0.25) is 5.91 Å². The Labute approximate surface area is 120 Å². The van der Waals surface area contributed by atoms with Crippen molar-refractivity contribution in [2.75, 3.05) is 13.1 Å². The van der Waals surface area contributed by atoms with E-state index >= 15 is 0 Å². The lowest BCUT2D eigenvalue weighted by molar-refractivity contribution is -0.153. The number of likely N-dealkylation sites (tertiary alicyclic amines) is 1. The van der Waals surface area contributed by atoms with E-state index in [0.717, 1.165) is 16.8 Å². The number of nitrogens with one attached hydrogen (secondary N) is 1. The maximum atomic E-state index is 12.1. The Hall–Kier alpha value is -2.38. The molecule has 1 saturated heterocycles. The SMILES string of the molecule is CC1(C(=O)O)CCN(C(=O)Cn2[nH]c(=O)ccc2=O)CC1. The second-order valence-electron chi connectivity index (χ2n) is 5.48. The third kappa shape index (κ3) is 3.21. The first-order valence-electron chi connectivity index (χ1n) is 6.63. The average molecular weight is 295 g/mol. The molecule has 21 heavy (non-hydrogen) atoms. The first-order valence-corrected chi connectivity index (χ1v) is 6.63. The van der Waals surface area contributed by atoms with Crippen molar-refractivity contribution in [1.82, 2.24) is 14.7 Å². The number of H-pyrrole nitrogens is 1. The van der Waals surface area contributed by atoms with Gasteiger partial charge >= 0.3 is 5.97 Å². The van der Waals surface area contributed by atoms with Crippen LogP contribution >= 0.6 is 0 Å². The normalized spacial score (nSPS) is 17.5. The highest BCUT2D eigenvalue weighted by Gasteiger charge is 2.37. The monoisotopic (exact) mass is 295 g/mol. The van der Waals surface area contributed by atoms with E-state index in [4.69, 9.17) is 5.11 Å². The van der Waals surface area contributed by atoms with Crippen LogP contribution in [0.25, 0.3) is 0 Å². The number of nitrogens with zero attached hydrogens (tertiary/aromatic N) is 2. The van der Waals surface area contributed by atoms with E-state index in [-0.39, 0.29) is 12.5 Å². The summed E-state index contributed by atoms with van der Waals surface area (Å²) in [4.78, 5) is 47.4. The van der Waals surface area contributed by atoms with E-state index in [2.05, 4.69) is 5.10 Å². The minimum Gasteiger partial charge on any atom is -0.481 e. The van der Waals surface area contributed by atoms with Gasteiger partial charge in [0, 0.05) is 25.2 Å². The van der Waals surface area contributed by atoms with Crippen molar-refractivity contribution in [1.29, 1.82) is 0 Å². The number of carbonyl (C=O) groups is 2. The van der Waals surface area contributed by atoms with Crippen LogP contribution in [0.1, 0.15) is 19.8 Å². The predicted octanol–water partition coefficient (Wildman–Crippen LogP) is -0.750. The predicted molar refractivity (Wildman–Crippen MR) is 72.9 cm³/mol. The first kappa shape index (κ1) is 15.0. The molecule has 1 fully saturated rings. The zero-order valence-electron chi connectivity index (χ0n) is 11.7. The molecule has 2 N–H and O–H groups in total. The zero-order chi connectivity index (χ0) is 15.6. The second-order valence-corrected chi connectivity index (χ2v) is 5.48. The average Bonchev–Trinajstić information content (AvgIpc) is 2.43. The minimum atomic E-state index is -0.863. The van der Waals surface area contributed by atoms with Gasteiger partial charge in [0.15, 0.2) is 0 Å². The van der Waals surface area contributed by atoms with Crippen molar-refractivity contribution in [2.45, 2.75) is 26.3 Å². The molecular weight excluding hydrogens is 278 g/mol. The number of aliphatic carboxylic acids is 1. The molecule has 0 atom stereocenters. The standard InChI is InChI=1S/C13H17N3O5/c1-13(12(20)21)4-6-15(7-5-13)11(19)8-16-10(18)3-2-9(17)14-16/h2-3H,4-8H2,1H3,(H,14,17)(H,20,21). The van der Waals surface area contributed by atoms with Crippen molar-refractivity contribution in [3.8, 4) is 0 Å². The van der Waals surface area contributed by atoms with Crippen molar-refractivity contribution >= 4 is 11.9 Å². The molecule has 0 saturated carbocycles. The Balaban J connectivity index is 2.03. The van der Waals surface area contributed by atoms with E-state index in [0.29, 0.717) is 25.9 Å². The van der Waals surface area contributed by atoms with Crippen molar-refractivity contribution in [3.05, 3.63) is 32.8 Å². The van der Waals surface area contributed by atoms with Gasteiger partial charge in [-0.3, -0.25) is 24.3 Å². The van der Waals surface area contributed by atoms with Crippen LogP contribution in [0.3, 0.4) is 0 Å². The van der Waals surface area contributed by atoms with Crippen LogP contribution in [0, 0.1) is 5.41 Å². The second kappa shape index (κ2) is 5.55. The zero-order valence-corrected chi connectivity index (χ0v) is 11.7. The van der Waals surface area contributed by atoms with E-state index in [1.54, 1.807) is 6.92 Å². The summed E-state index contributed by atoms with van der Waals surface area (Å²) in [5.74, 6) is -1.18. The van der Waals surface area contributed by atoms with Crippen LogP contribution in [0.4, 0.5) is 0 Å². The fourth-order valence-electron chi connectivity index (χ4n) is 2.28. The lowest BCUT2D eigenvalue weighted by Crippen LogP contribution is -2.47. The maximum absolute atomic E-state index is 12.1. The molecule has 8 heteroatoms. The highest BCUT2D eigenvalue weighted by Crippen LogP contribution is 2.30. The first-order chi connectivity index (χ1) is 9.82. The molecule has 1 aromatic rings. The minimum absolute atomic E-state index is 0.251. The van der Waals surface area contributed by atoms with Crippen LogP contribution in [0.15, 0.2) is 21.7 Å². The molecule has 1 aliphatic heterocycles. The summed E-state index contributed by atoms with van der Waals surface area (Å²) < 4.78 is 0.954. The number of carbonyl (C=O) groups excluding carboxylic acids is 1. The number of amides is 1. The number of hydrogen-bond acceptors (Lipinski definition) is 4. The summed E-state index contributed by atoms with van der Waals surface area (Å²) in [6.07, 6.45) is 0.739. The van der Waals surface area contributed by atoms with Gasteiger partial charge < -0.3 is 10.0 Å². The largest absolute Gasteiger partial charge is 0.481 e. The summed E-state index contributed by atoms with van der Waals surface area (Å²) in [6, 6.07) is 2.20. The quantitative estimate of drug-likeness (QED) is 0.762. The Morgan fingerprint density at radius 3 is 2.48 bits per heavy atom. The highest BCUT2D eigenvalue weighted by atomic mass is 16.4. The summed E-state index contributed by atoms with van der Waals surface area (Å²) in [5.41, 5.74) is -1.73. The van der Waals surface area contributed by atoms with E-state index in [1.165, 1.54) is 4.90 Å². The van der Waals surface area contributed by atoms with E-state index < -0.39 is 22.5 Å². The smallest absolute Gasteiger partial charge is 0.309 e. The third-order valence-corrected chi connectivity index (χ3v) is 3.92. The summed E-state index contributed by atoms with van der Waals surface area (Å²) in [6.45, 7) is 2.07. The molecule has 8 nitrogen and oxygen atoms in total. The van der Waals surface area contributed by atoms with Gasteiger partial charge in [0.1, 0.15) is 6.54 Å². The lowest BCUT2D eigenvalue weighted by atomic mass is 9.80. The van der Waals surface area contributed by atoms with Crippen LogP contribution in [-0.2, 0) is 16.1 Å². The summed E-state index contributed by atoms with van der Waals surface area (Å²) in [5, 5.41) is 11.4. The number of carboxylic acid groups (broad SMARTS) is 1. The molecule has 0 aromatic carbocycles. The van der Waals surface area contributed by atoms with Crippen LogP contribution < -0.4 is 11.1 Å². The Kier molecular flexibility index (Phi) is 3.97. The van der Waals surface area contributed by atoms with E-state index in [9.17, 15) is 19.2 Å². The number of piperidine rings is 1. The fourth-order valence-corrected chi connectivity index (χ4v) is 2.28. The van der Waals surface area contributed by atoms with Gasteiger partial charge in [-0.05, 0) is 19.8 Å². The molecule has 2 rings (SSSR count). The molecule has 114 valence electrons. The van der Waals surface area contributed by atoms with Crippen LogP contribution in [0.5, 0.6) is 0 Å². The molecule has 1 aromatic heterocycles. The highest BCUT2D eigenvalue weighted by molar-refractivity contribution is 5.77. The molecule has 0 unspecified atom stereocenters. The van der Waals surface area contributed by atoms with Gasteiger partial charge in [-0.25, -0.2) is 4.68 Å². The number of aromatic nitrogens is 2. The number of hydrogen-bond donors (Lipinski definition) is 2. The van der Waals surface area contributed by atoms with E-state index in [1.807, 2.05) is 0 Å². The summed E-state index contributed by atoms with van der Waals surface area (Å²) in [7, 11) is 0. The molecule has 0 spiro atoms. The molecule has 1 aliphatic rings. The number of carboxylic acids is 1. The summed E-state index contributed by atoms with van der Waals surface area (Å²) >= 11 is 0.